The molecule has 24 heavy (non-hydrogen) atoms. The standard InChI is InChI=1S/2C8H12O4/c2*1-7(9)12-6-4-2-3-5-8(10)11/h3,5H,2,4,6H2,1H3,(H,10,11);2,4H,3,5-6H2,1H3,(H,10,11). The van der Waals surface area contributed by atoms with Gasteiger partial charge in [0.2, 0.25) is 0 Å². The van der Waals surface area contributed by atoms with Gasteiger partial charge >= 0.3 is 23.9 Å². The highest BCUT2D eigenvalue weighted by atomic mass is 16.5. The highest BCUT2D eigenvalue weighted by Crippen LogP contribution is 1.92. The Morgan fingerprint density at radius 2 is 1.50 bits per heavy atom. The summed E-state index contributed by atoms with van der Waals surface area (Å²) in [5, 5.41) is 16.4. The van der Waals surface area contributed by atoms with Crippen LogP contribution in [0.1, 0.15) is 39.5 Å². The number of carboxylic acids is 2. The SMILES string of the molecule is CC(=O)OCC=CCCC(=O)O.CC(=O)OCCCC=CC(=O)O. The minimum Gasteiger partial charge on any atom is -0.481 e. The molecule has 136 valence electrons. The highest BCUT2D eigenvalue weighted by molar-refractivity contribution is 5.79. The van der Waals surface area contributed by atoms with Gasteiger partial charge in [-0.1, -0.05) is 18.2 Å². The summed E-state index contributed by atoms with van der Waals surface area (Å²) in [7, 11) is 0. The molecule has 0 radical (unpaired) electrons. The Hall–Kier alpha value is -2.64. The van der Waals surface area contributed by atoms with E-state index in [1.54, 1.807) is 12.2 Å². The zero-order chi connectivity index (χ0) is 18.8. The molecule has 0 saturated heterocycles. The molecule has 0 atom stereocenters. The van der Waals surface area contributed by atoms with Gasteiger partial charge in [-0.25, -0.2) is 4.79 Å². The maximum absolute atomic E-state index is 10.3. The number of ether oxygens (including phenoxy) is 2. The van der Waals surface area contributed by atoms with Crippen LogP contribution in [0.3, 0.4) is 0 Å². The van der Waals surface area contributed by atoms with E-state index < -0.39 is 11.9 Å². The molecule has 0 saturated carbocycles. The second kappa shape index (κ2) is 16.7. The molecule has 0 spiro atoms. The summed E-state index contributed by atoms with van der Waals surface area (Å²) in [6.45, 7) is 3.23. The van der Waals surface area contributed by atoms with Gasteiger partial charge in [0.1, 0.15) is 6.61 Å². The van der Waals surface area contributed by atoms with Crippen LogP contribution in [0.5, 0.6) is 0 Å². The third kappa shape index (κ3) is 27.7. The first-order valence-corrected chi connectivity index (χ1v) is 7.28. The molecule has 0 amide bonds. The Kier molecular flexibility index (Phi) is 16.5. The van der Waals surface area contributed by atoms with E-state index in [0.717, 1.165) is 6.08 Å². The first kappa shape index (κ1) is 23.6. The summed E-state index contributed by atoms with van der Waals surface area (Å²) in [5.74, 6) is -2.43. The van der Waals surface area contributed by atoms with Crippen molar-refractivity contribution in [1.82, 2.24) is 0 Å². The monoisotopic (exact) mass is 344 g/mol. The van der Waals surface area contributed by atoms with Crippen molar-refractivity contribution in [3.63, 3.8) is 0 Å². The van der Waals surface area contributed by atoms with Crippen LogP contribution in [0.15, 0.2) is 24.3 Å². The van der Waals surface area contributed by atoms with Gasteiger partial charge in [-0.3, -0.25) is 14.4 Å². The Morgan fingerprint density at radius 1 is 0.875 bits per heavy atom. The molecule has 0 unspecified atom stereocenters. The van der Waals surface area contributed by atoms with Gasteiger partial charge in [-0.15, -0.1) is 0 Å². The van der Waals surface area contributed by atoms with Crippen molar-refractivity contribution >= 4 is 23.9 Å². The molecule has 0 aromatic rings. The van der Waals surface area contributed by atoms with E-state index in [4.69, 9.17) is 10.2 Å². The van der Waals surface area contributed by atoms with Crippen LogP contribution in [-0.2, 0) is 28.7 Å². The lowest BCUT2D eigenvalue weighted by Gasteiger charge is -1.97. The van der Waals surface area contributed by atoms with Crippen molar-refractivity contribution in [2.45, 2.75) is 39.5 Å². The molecule has 0 bridgehead atoms. The Balaban J connectivity index is 0. The lowest BCUT2D eigenvalue weighted by Crippen LogP contribution is -1.99. The smallest absolute Gasteiger partial charge is 0.327 e. The van der Waals surface area contributed by atoms with E-state index in [2.05, 4.69) is 9.47 Å². The number of carbonyl (C=O) groups excluding carboxylic acids is 2. The first-order valence-electron chi connectivity index (χ1n) is 7.28. The number of hydrogen-bond donors (Lipinski definition) is 2. The quantitative estimate of drug-likeness (QED) is 0.266. The van der Waals surface area contributed by atoms with E-state index in [-0.39, 0.29) is 25.0 Å². The highest BCUT2D eigenvalue weighted by Gasteiger charge is 1.92. The molecular weight excluding hydrogens is 320 g/mol. The number of carboxylic acid groups (broad SMARTS) is 2. The summed E-state index contributed by atoms with van der Waals surface area (Å²) in [6, 6.07) is 0. The average molecular weight is 344 g/mol. The van der Waals surface area contributed by atoms with E-state index in [1.165, 1.54) is 19.9 Å². The molecule has 0 rings (SSSR count). The Morgan fingerprint density at radius 3 is 2.00 bits per heavy atom. The molecular formula is C16H24O8. The van der Waals surface area contributed by atoms with Crippen LogP contribution in [0.4, 0.5) is 0 Å². The number of aliphatic carboxylic acids is 2. The predicted octanol–water partition coefficient (Wildman–Crippen LogP) is 1.94. The zero-order valence-corrected chi connectivity index (χ0v) is 13.9. The van der Waals surface area contributed by atoms with E-state index in [1.807, 2.05) is 0 Å². The van der Waals surface area contributed by atoms with Gasteiger partial charge in [0.15, 0.2) is 0 Å². The summed E-state index contributed by atoms with van der Waals surface area (Å²) < 4.78 is 9.20. The largest absolute Gasteiger partial charge is 0.481 e. The van der Waals surface area contributed by atoms with E-state index in [0.29, 0.717) is 25.9 Å². The van der Waals surface area contributed by atoms with Crippen LogP contribution >= 0.6 is 0 Å². The van der Waals surface area contributed by atoms with Gasteiger partial charge in [0, 0.05) is 26.3 Å². The van der Waals surface area contributed by atoms with E-state index in [9.17, 15) is 19.2 Å². The first-order chi connectivity index (χ1) is 11.3. The lowest BCUT2D eigenvalue weighted by atomic mass is 10.3. The number of unbranched alkanes of at least 4 members (excludes halogenated alkanes) is 1. The molecule has 0 aliphatic heterocycles. The number of rotatable bonds is 10. The third-order valence-electron chi connectivity index (χ3n) is 2.16. The molecule has 0 aliphatic rings. The summed E-state index contributed by atoms with van der Waals surface area (Å²) in [5.41, 5.74) is 0. The fraction of sp³-hybridized carbons (Fsp3) is 0.500. The maximum Gasteiger partial charge on any atom is 0.327 e. The summed E-state index contributed by atoms with van der Waals surface area (Å²) in [4.78, 5) is 40.5. The number of carbonyl (C=O) groups is 4. The molecule has 0 heterocycles. The molecule has 2 N–H and O–H groups in total. The second-order valence-electron chi connectivity index (χ2n) is 4.43. The predicted molar refractivity (Wildman–Crippen MR) is 85.3 cm³/mol. The van der Waals surface area contributed by atoms with Gasteiger partial charge in [-0.2, -0.15) is 0 Å². The normalized spacial score (nSPS) is 10.1. The van der Waals surface area contributed by atoms with Gasteiger partial charge in [0.05, 0.1) is 6.61 Å². The van der Waals surface area contributed by atoms with Crippen LogP contribution in [0.2, 0.25) is 0 Å². The van der Waals surface area contributed by atoms with Crippen LogP contribution in [0, 0.1) is 0 Å². The van der Waals surface area contributed by atoms with Crippen molar-refractivity contribution < 1.29 is 38.9 Å². The minimum atomic E-state index is -0.956. The van der Waals surface area contributed by atoms with Gasteiger partial charge < -0.3 is 19.7 Å². The molecule has 0 aliphatic carbocycles. The van der Waals surface area contributed by atoms with Crippen LogP contribution in [-0.4, -0.2) is 47.3 Å². The van der Waals surface area contributed by atoms with Crippen LogP contribution < -0.4 is 0 Å². The van der Waals surface area contributed by atoms with Gasteiger partial charge in [0.25, 0.3) is 0 Å². The van der Waals surface area contributed by atoms with Gasteiger partial charge in [-0.05, 0) is 19.3 Å². The lowest BCUT2D eigenvalue weighted by molar-refractivity contribution is -0.141. The number of esters is 2. The van der Waals surface area contributed by atoms with E-state index >= 15 is 0 Å². The molecule has 0 aromatic carbocycles. The topological polar surface area (TPSA) is 127 Å². The van der Waals surface area contributed by atoms with Crippen molar-refractivity contribution in [2.24, 2.45) is 0 Å². The molecule has 8 heteroatoms. The van der Waals surface area contributed by atoms with Crippen molar-refractivity contribution in [1.29, 1.82) is 0 Å². The average Bonchev–Trinajstić information content (AvgIpc) is 2.46. The minimum absolute atomic E-state index is 0.108. The van der Waals surface area contributed by atoms with Crippen molar-refractivity contribution in [3.05, 3.63) is 24.3 Å². The number of hydrogen-bond acceptors (Lipinski definition) is 6. The van der Waals surface area contributed by atoms with Crippen LogP contribution in [0.25, 0.3) is 0 Å². The second-order valence-corrected chi connectivity index (χ2v) is 4.43. The third-order valence-corrected chi connectivity index (χ3v) is 2.16. The molecule has 0 aromatic heterocycles. The number of allylic oxidation sites excluding steroid dienone is 2. The fourth-order valence-electron chi connectivity index (χ4n) is 1.16. The molecule has 8 nitrogen and oxygen atoms in total. The van der Waals surface area contributed by atoms with Crippen molar-refractivity contribution in [3.8, 4) is 0 Å². The maximum atomic E-state index is 10.3. The summed E-state index contributed by atoms with van der Waals surface area (Å²) in [6.07, 6.45) is 7.76. The molecule has 0 fully saturated rings. The summed E-state index contributed by atoms with van der Waals surface area (Å²) >= 11 is 0. The Labute approximate surface area is 140 Å². The Bertz CT molecular complexity index is 431. The van der Waals surface area contributed by atoms with Crippen molar-refractivity contribution in [2.75, 3.05) is 13.2 Å². The fourth-order valence-corrected chi connectivity index (χ4v) is 1.16. The zero-order valence-electron chi connectivity index (χ0n) is 13.9.